The van der Waals surface area contributed by atoms with Gasteiger partial charge in [0.25, 0.3) is 0 Å². The molecule has 0 aliphatic heterocycles. The van der Waals surface area contributed by atoms with E-state index >= 15 is 0 Å². The van der Waals surface area contributed by atoms with Crippen molar-refractivity contribution < 1.29 is 106 Å². The quantitative estimate of drug-likeness (QED) is 0.0769. The molecule has 9 aromatic rings. The third-order valence-corrected chi connectivity index (χ3v) is 10.3. The van der Waals surface area contributed by atoms with Crippen molar-refractivity contribution >= 4 is 11.6 Å². The second kappa shape index (κ2) is 37.4. The number of ketones is 2. The number of nitrogens with zero attached hydrogens (tertiary/aromatic N) is 6. The van der Waals surface area contributed by atoms with E-state index in [4.69, 9.17) is 10.2 Å². The van der Waals surface area contributed by atoms with Crippen LogP contribution in [-0.2, 0) is 69.9 Å². The van der Waals surface area contributed by atoms with E-state index in [0.29, 0.717) is 57.3 Å². The second-order valence-corrected chi connectivity index (χ2v) is 17.4. The first-order valence-corrected chi connectivity index (χ1v) is 23.8. The first kappa shape index (κ1) is 75.3. The third-order valence-electron chi connectivity index (χ3n) is 10.3. The van der Waals surface area contributed by atoms with E-state index in [1.807, 2.05) is 20.8 Å². The number of carbonyl (C=O) groups is 2. The second-order valence-electron chi connectivity index (χ2n) is 17.4. The summed E-state index contributed by atoms with van der Waals surface area (Å²) in [5.74, 6) is -2.13. The summed E-state index contributed by atoms with van der Waals surface area (Å²) in [5.41, 5.74) is 10.1. The molecule has 2 radical (unpaired) electrons. The van der Waals surface area contributed by atoms with Gasteiger partial charge in [-0.1, -0.05) is 36.4 Å². The van der Waals surface area contributed by atoms with Crippen molar-refractivity contribution in [3.8, 4) is 67.5 Å². The predicted molar refractivity (Wildman–Crippen MR) is 296 cm³/mol. The Bertz CT molecular complexity index is 3000. The summed E-state index contributed by atoms with van der Waals surface area (Å²) in [7, 11) is 0. The molecule has 0 bridgehead atoms. The molecular weight excluding hydrogens is 1600 g/mol. The Labute approximate surface area is 516 Å². The summed E-state index contributed by atoms with van der Waals surface area (Å²) in [6, 6.07) is 39.2. The van der Waals surface area contributed by atoms with Gasteiger partial charge in [0.2, 0.25) is 0 Å². The molecule has 2 N–H and O–H groups in total. The van der Waals surface area contributed by atoms with E-state index < -0.39 is 0 Å². The molecule has 0 amide bonds. The first-order chi connectivity index (χ1) is 36.6. The molecular formula is C63H59F6Ir3N6O4-2. The van der Waals surface area contributed by atoms with E-state index in [-0.39, 0.29) is 140 Å². The number of Topliss-reactive ketones (excluding diaryl/α,β-unsaturated/α-hetero) is 2. The number of carbonyl (C=O) groups excluding carboxylic acids is 2. The van der Waals surface area contributed by atoms with E-state index in [9.17, 15) is 35.9 Å². The van der Waals surface area contributed by atoms with E-state index in [1.165, 1.54) is 86.6 Å². The number of hydrogen-bond donors (Lipinski definition) is 2. The summed E-state index contributed by atoms with van der Waals surface area (Å²) >= 11 is 0. The molecule has 3 heterocycles. The van der Waals surface area contributed by atoms with Gasteiger partial charge in [-0.3, -0.25) is 37.7 Å². The Hall–Kier alpha value is -6.65. The predicted octanol–water partition coefficient (Wildman–Crippen LogP) is 14.2. The van der Waals surface area contributed by atoms with Gasteiger partial charge in [0, 0.05) is 93.3 Å². The van der Waals surface area contributed by atoms with Crippen LogP contribution >= 0.6 is 0 Å². The maximum atomic E-state index is 13.1. The van der Waals surface area contributed by atoms with Gasteiger partial charge in [-0.05, 0) is 108 Å². The van der Waals surface area contributed by atoms with Gasteiger partial charge in [-0.2, -0.15) is 0 Å². The Balaban J connectivity index is 0.00000105. The van der Waals surface area contributed by atoms with E-state index in [1.54, 1.807) is 87.0 Å². The van der Waals surface area contributed by atoms with Crippen molar-refractivity contribution in [1.82, 2.24) is 29.9 Å². The number of aliphatic hydroxyl groups excluding tert-OH is 2. The minimum atomic E-state index is -0.375. The fourth-order valence-electron chi connectivity index (χ4n) is 6.95. The van der Waals surface area contributed by atoms with Crippen molar-refractivity contribution in [1.29, 1.82) is 0 Å². The molecule has 3 aromatic heterocycles. The first-order valence-electron chi connectivity index (χ1n) is 23.8. The van der Waals surface area contributed by atoms with Crippen LogP contribution in [-0.4, -0.2) is 63.9 Å². The molecule has 436 valence electrons. The van der Waals surface area contributed by atoms with Gasteiger partial charge in [0.1, 0.15) is 29.0 Å². The molecule has 9 rings (SSSR count). The van der Waals surface area contributed by atoms with Crippen LogP contribution < -0.4 is 0 Å². The summed E-state index contributed by atoms with van der Waals surface area (Å²) in [6.45, 7) is 11.6. The summed E-state index contributed by atoms with van der Waals surface area (Å²) in [4.78, 5) is 46.6. The van der Waals surface area contributed by atoms with Gasteiger partial charge in [0.05, 0.1) is 52.8 Å². The van der Waals surface area contributed by atoms with Crippen molar-refractivity contribution in [2.24, 2.45) is 0 Å². The van der Waals surface area contributed by atoms with Gasteiger partial charge in [-0.25, -0.2) is 13.2 Å². The molecule has 0 saturated carbocycles. The van der Waals surface area contributed by atoms with Crippen LogP contribution in [0.2, 0.25) is 0 Å². The topological polar surface area (TPSA) is 152 Å². The fraction of sp³-hybridized carbons (Fsp3) is 0.175. The zero-order chi connectivity index (χ0) is 56.2. The normalized spacial score (nSPS) is 10.5. The van der Waals surface area contributed by atoms with Gasteiger partial charge in [-0.15, -0.1) is 89.5 Å². The minimum Gasteiger partial charge on any atom is -0.393 e. The number of halogens is 6. The van der Waals surface area contributed by atoms with Crippen LogP contribution in [0, 0.1) is 88.7 Å². The van der Waals surface area contributed by atoms with Gasteiger partial charge >= 0.3 is 20.1 Å². The van der Waals surface area contributed by atoms with E-state index in [2.05, 4.69) is 48.1 Å². The molecule has 0 aliphatic carbocycles. The molecule has 10 nitrogen and oxygen atoms in total. The zero-order valence-corrected chi connectivity index (χ0v) is 53.3. The monoisotopic (exact) mass is 1660 g/mol. The van der Waals surface area contributed by atoms with Crippen molar-refractivity contribution in [3.63, 3.8) is 0 Å². The Morgan fingerprint density at radius 2 is 0.659 bits per heavy atom. The maximum absolute atomic E-state index is 13.1. The molecule has 0 spiro atoms. The molecule has 6 aromatic carbocycles. The van der Waals surface area contributed by atoms with Crippen LogP contribution in [0.5, 0.6) is 0 Å². The summed E-state index contributed by atoms with van der Waals surface area (Å²) in [6.07, 6.45) is 4.72. The van der Waals surface area contributed by atoms with Gasteiger partial charge < -0.3 is 40.0 Å². The Morgan fingerprint density at radius 3 is 0.829 bits per heavy atom. The third kappa shape index (κ3) is 24.8. The molecule has 19 heteroatoms. The number of benzene rings is 6. The summed E-state index contributed by atoms with van der Waals surface area (Å²) in [5, 5.41) is 17.1. The molecule has 2 atom stereocenters. The average molecular weight is 1650 g/mol. The zero-order valence-electron chi connectivity index (χ0n) is 46.1. The van der Waals surface area contributed by atoms with Crippen molar-refractivity contribution in [2.45, 2.75) is 73.5 Å². The smallest absolute Gasteiger partial charge is 0.393 e. The average Bonchev–Trinajstić information content (AvgIpc) is 3.44. The Kier molecular flexibility index (Phi) is 34.4. The summed E-state index contributed by atoms with van der Waals surface area (Å²) < 4.78 is 78.3. The largest absolute Gasteiger partial charge is 3.00 e. The molecule has 0 aliphatic rings. The Morgan fingerprint density at radius 1 is 0.427 bits per heavy atom. The van der Waals surface area contributed by atoms with Gasteiger partial charge in [0.15, 0.2) is 0 Å². The fourth-order valence-corrected chi connectivity index (χ4v) is 6.95. The van der Waals surface area contributed by atoms with Crippen LogP contribution in [0.3, 0.4) is 0 Å². The number of rotatable bonds is 10. The van der Waals surface area contributed by atoms with Crippen LogP contribution in [0.15, 0.2) is 146 Å². The van der Waals surface area contributed by atoms with Crippen LogP contribution in [0.1, 0.15) is 57.6 Å². The maximum Gasteiger partial charge on any atom is 3.00 e. The number of aromatic nitrogens is 6. The van der Waals surface area contributed by atoms with E-state index in [0.717, 1.165) is 33.8 Å². The molecule has 0 saturated heterocycles. The number of hydrogen-bond acceptors (Lipinski definition) is 10. The SMILES string of the molecule is CC(=O)CC(C)=O.CC(O)CC(C)O.Cc1cnc(-c2[c-]cc(F)cc2)c(-c2ccc(F)cc2)n1.Cc1cnc(-c2[c-]cc(F)cc2)c(-c2ccc(F)cc2)n1.Cc1cnc(-c2[c-]cc(F)cc2)c(-c2ccc(F)cc2)n1.[CH3-].[CH3-].[Ir+3].[Ir].[Ir]. The van der Waals surface area contributed by atoms with Crippen LogP contribution in [0.25, 0.3) is 67.5 Å². The standard InChI is InChI=1S/3C17H11F2N2.C5H12O2.C5H8O2.2CH3.3Ir/c3*1-11-10-20-16(12-2-6-14(18)7-3-12)17(21-11)13-4-8-15(19)9-5-13;2*1-4(6)3-5(2)7;;;;;/h3*2,4-10H,1H3;4-7H,3H2,1-2H3;3H2,1-2H3;2*1H3;;;/q3*-1;;;2*-1;;;+3. The number of aliphatic hydroxyl groups is 2. The molecule has 82 heavy (non-hydrogen) atoms. The van der Waals surface area contributed by atoms with Crippen molar-refractivity contribution in [3.05, 3.63) is 231 Å². The molecule has 0 fully saturated rings. The minimum absolute atomic E-state index is 0. The number of aryl methyl sites for hydroxylation is 3. The molecule has 2 unspecified atom stereocenters. The van der Waals surface area contributed by atoms with Crippen LogP contribution in [0.4, 0.5) is 26.3 Å². The van der Waals surface area contributed by atoms with Crippen molar-refractivity contribution in [2.75, 3.05) is 0 Å².